The van der Waals surface area contributed by atoms with E-state index in [1.807, 2.05) is 0 Å². The number of methoxy groups -OCH3 is 1. The first-order chi connectivity index (χ1) is 12.2. The largest absolute Gasteiger partial charge is 0.497 e. The first kappa shape index (κ1) is 20.0. The second-order valence-electron chi connectivity index (χ2n) is 5.51. The zero-order chi connectivity index (χ0) is 19.3. The van der Waals surface area contributed by atoms with Gasteiger partial charge in [0.25, 0.3) is 0 Å². The zero-order valence-electron chi connectivity index (χ0n) is 14.2. The predicted molar refractivity (Wildman–Crippen MR) is 99.5 cm³/mol. The average molecular weight is 399 g/mol. The Bertz CT molecular complexity index is 885. The van der Waals surface area contributed by atoms with Gasteiger partial charge in [-0.3, -0.25) is 0 Å². The topological polar surface area (TPSA) is 105 Å². The highest BCUT2D eigenvalue weighted by Crippen LogP contribution is 2.29. The summed E-state index contributed by atoms with van der Waals surface area (Å²) in [7, 11) is -2.09. The molecular formula is C17H19ClN2O5S. The van der Waals surface area contributed by atoms with Crippen molar-refractivity contribution in [2.45, 2.75) is 11.0 Å². The highest BCUT2D eigenvalue weighted by atomic mass is 35.5. The van der Waals surface area contributed by atoms with Crippen molar-refractivity contribution in [2.75, 3.05) is 25.2 Å². The van der Waals surface area contributed by atoms with Gasteiger partial charge in [0.05, 0.1) is 23.9 Å². The molecule has 0 saturated heterocycles. The Balaban J connectivity index is 2.02. The molecule has 0 heterocycles. The van der Waals surface area contributed by atoms with Crippen molar-refractivity contribution >= 4 is 33.2 Å². The SMILES string of the molecule is COc1ccc([C@H](O)CNC(=O)Nc2cccc(Cl)c2S(C)(=O)=O)cc1. The molecule has 2 aromatic rings. The van der Waals surface area contributed by atoms with Gasteiger partial charge < -0.3 is 20.5 Å². The fourth-order valence-electron chi connectivity index (χ4n) is 2.28. The Morgan fingerprint density at radius 3 is 2.46 bits per heavy atom. The van der Waals surface area contributed by atoms with Gasteiger partial charge in [-0.05, 0) is 29.8 Å². The molecule has 2 amide bonds. The highest BCUT2D eigenvalue weighted by molar-refractivity contribution is 7.91. The van der Waals surface area contributed by atoms with Gasteiger partial charge in [-0.1, -0.05) is 29.8 Å². The van der Waals surface area contributed by atoms with Crippen LogP contribution in [0.5, 0.6) is 5.75 Å². The molecule has 140 valence electrons. The molecule has 3 N–H and O–H groups in total. The van der Waals surface area contributed by atoms with E-state index < -0.39 is 22.0 Å². The van der Waals surface area contributed by atoms with Gasteiger partial charge in [0, 0.05) is 12.8 Å². The number of halogens is 1. The zero-order valence-corrected chi connectivity index (χ0v) is 15.8. The first-order valence-corrected chi connectivity index (χ1v) is 9.84. The number of aliphatic hydroxyl groups is 1. The first-order valence-electron chi connectivity index (χ1n) is 7.58. The van der Waals surface area contributed by atoms with Crippen molar-refractivity contribution in [2.24, 2.45) is 0 Å². The van der Waals surface area contributed by atoms with Crippen molar-refractivity contribution in [3.8, 4) is 5.75 Å². The molecule has 0 aliphatic rings. The monoisotopic (exact) mass is 398 g/mol. The van der Waals surface area contributed by atoms with Crippen molar-refractivity contribution in [3.63, 3.8) is 0 Å². The lowest BCUT2D eigenvalue weighted by Crippen LogP contribution is -2.32. The second kappa shape index (κ2) is 8.39. The van der Waals surface area contributed by atoms with E-state index in [1.54, 1.807) is 24.3 Å². The Labute approximate surface area is 156 Å². The summed E-state index contributed by atoms with van der Waals surface area (Å²) in [6.45, 7) is -0.0626. The standard InChI is InChI=1S/C17H19ClN2O5S/c1-25-12-8-6-11(7-9-12)15(21)10-19-17(22)20-14-5-3-4-13(18)16(14)26(2,23)24/h3-9,15,21H,10H2,1-2H3,(H2,19,20,22)/t15-/m1/s1. The molecule has 0 fully saturated rings. The maximum atomic E-state index is 12.0. The van der Waals surface area contributed by atoms with Crippen LogP contribution < -0.4 is 15.4 Å². The van der Waals surface area contributed by atoms with Crippen LogP contribution >= 0.6 is 11.6 Å². The van der Waals surface area contributed by atoms with E-state index in [9.17, 15) is 18.3 Å². The molecule has 0 unspecified atom stereocenters. The molecule has 0 aromatic heterocycles. The number of rotatable bonds is 6. The summed E-state index contributed by atoms with van der Waals surface area (Å²) in [6.07, 6.45) is 0.0745. The number of urea groups is 1. The molecular weight excluding hydrogens is 380 g/mol. The lowest BCUT2D eigenvalue weighted by Gasteiger charge is -2.15. The molecule has 26 heavy (non-hydrogen) atoms. The highest BCUT2D eigenvalue weighted by Gasteiger charge is 2.19. The summed E-state index contributed by atoms with van der Waals surface area (Å²) in [5, 5.41) is 15.1. The Hall–Kier alpha value is -2.29. The Kier molecular flexibility index (Phi) is 6.47. The second-order valence-corrected chi connectivity index (χ2v) is 7.87. The molecule has 2 aromatic carbocycles. The van der Waals surface area contributed by atoms with Gasteiger partial charge in [0.2, 0.25) is 0 Å². The number of carbonyl (C=O) groups is 1. The molecule has 0 radical (unpaired) electrons. The number of carbonyl (C=O) groups excluding carboxylic acids is 1. The third kappa shape index (κ3) is 5.10. The Morgan fingerprint density at radius 1 is 1.23 bits per heavy atom. The Morgan fingerprint density at radius 2 is 1.88 bits per heavy atom. The maximum absolute atomic E-state index is 12.0. The van der Waals surface area contributed by atoms with E-state index in [4.69, 9.17) is 16.3 Å². The molecule has 0 spiro atoms. The number of anilines is 1. The van der Waals surface area contributed by atoms with E-state index in [-0.39, 0.29) is 22.2 Å². The van der Waals surface area contributed by atoms with E-state index in [0.717, 1.165) is 6.26 Å². The summed E-state index contributed by atoms with van der Waals surface area (Å²) < 4.78 is 28.7. The van der Waals surface area contributed by atoms with Crippen LogP contribution in [-0.2, 0) is 9.84 Å². The number of amides is 2. The fourth-order valence-corrected chi connectivity index (χ4v) is 3.82. The third-order valence-corrected chi connectivity index (χ3v) is 5.15. The minimum Gasteiger partial charge on any atom is -0.497 e. The molecule has 1 atom stereocenters. The minimum atomic E-state index is -3.63. The van der Waals surface area contributed by atoms with Crippen LogP contribution in [0.2, 0.25) is 5.02 Å². The average Bonchev–Trinajstić information content (AvgIpc) is 2.58. The van der Waals surface area contributed by atoms with E-state index >= 15 is 0 Å². The van der Waals surface area contributed by atoms with Crippen LogP contribution in [0.1, 0.15) is 11.7 Å². The quantitative estimate of drug-likeness (QED) is 0.693. The number of hydrogen-bond acceptors (Lipinski definition) is 5. The molecule has 0 aliphatic heterocycles. The molecule has 0 saturated carbocycles. The summed E-state index contributed by atoms with van der Waals surface area (Å²) >= 11 is 5.93. The molecule has 9 heteroatoms. The van der Waals surface area contributed by atoms with Crippen LogP contribution in [-0.4, -0.2) is 39.5 Å². The molecule has 7 nitrogen and oxygen atoms in total. The summed E-state index contributed by atoms with van der Waals surface area (Å²) in [5.74, 6) is 0.654. The predicted octanol–water partition coefficient (Wildman–Crippen LogP) is 2.61. The summed E-state index contributed by atoms with van der Waals surface area (Å²) in [4.78, 5) is 11.9. The normalized spacial score (nSPS) is 12.3. The van der Waals surface area contributed by atoms with Gasteiger partial charge in [-0.2, -0.15) is 0 Å². The number of nitrogens with one attached hydrogen (secondary N) is 2. The third-order valence-electron chi connectivity index (χ3n) is 3.54. The van der Waals surface area contributed by atoms with Gasteiger partial charge in [0.15, 0.2) is 9.84 Å². The number of benzene rings is 2. The van der Waals surface area contributed by atoms with Gasteiger partial charge in [0.1, 0.15) is 10.6 Å². The minimum absolute atomic E-state index is 0.0172. The molecule has 0 aliphatic carbocycles. The number of sulfone groups is 1. The van der Waals surface area contributed by atoms with Crippen molar-refractivity contribution < 1.29 is 23.1 Å². The van der Waals surface area contributed by atoms with Gasteiger partial charge in [-0.15, -0.1) is 0 Å². The smallest absolute Gasteiger partial charge is 0.319 e. The number of aliphatic hydroxyl groups excluding tert-OH is 1. The fraction of sp³-hybridized carbons (Fsp3) is 0.235. The van der Waals surface area contributed by atoms with Crippen LogP contribution in [0.3, 0.4) is 0 Å². The number of ether oxygens (including phenoxy) is 1. The lowest BCUT2D eigenvalue weighted by molar-refractivity contribution is 0.175. The number of hydrogen-bond donors (Lipinski definition) is 3. The molecule has 2 rings (SSSR count). The van der Waals surface area contributed by atoms with Crippen molar-refractivity contribution in [1.29, 1.82) is 0 Å². The van der Waals surface area contributed by atoms with Crippen LogP contribution in [0, 0.1) is 0 Å². The van der Waals surface area contributed by atoms with Crippen LogP contribution in [0.25, 0.3) is 0 Å². The molecule has 0 bridgehead atoms. The summed E-state index contributed by atoms with van der Waals surface area (Å²) in [5.41, 5.74) is 0.669. The van der Waals surface area contributed by atoms with Crippen LogP contribution in [0.4, 0.5) is 10.5 Å². The lowest BCUT2D eigenvalue weighted by atomic mass is 10.1. The van der Waals surface area contributed by atoms with Gasteiger partial charge in [-0.25, -0.2) is 13.2 Å². The van der Waals surface area contributed by atoms with Crippen molar-refractivity contribution in [1.82, 2.24) is 5.32 Å². The maximum Gasteiger partial charge on any atom is 0.319 e. The van der Waals surface area contributed by atoms with E-state index in [1.165, 1.54) is 25.3 Å². The van der Waals surface area contributed by atoms with Crippen molar-refractivity contribution in [3.05, 3.63) is 53.1 Å². The summed E-state index contributed by atoms with van der Waals surface area (Å²) in [6, 6.07) is 10.5. The van der Waals surface area contributed by atoms with E-state index in [0.29, 0.717) is 11.3 Å². The van der Waals surface area contributed by atoms with Gasteiger partial charge >= 0.3 is 6.03 Å². The van der Waals surface area contributed by atoms with E-state index in [2.05, 4.69) is 10.6 Å². The van der Waals surface area contributed by atoms with Crippen LogP contribution in [0.15, 0.2) is 47.4 Å².